The largest absolute Gasteiger partial charge is 0.471 e. The molecule has 0 atom stereocenters. The van der Waals surface area contributed by atoms with Gasteiger partial charge in [0.15, 0.2) is 0 Å². The van der Waals surface area contributed by atoms with Crippen molar-refractivity contribution in [3.05, 3.63) is 0 Å². The van der Waals surface area contributed by atoms with E-state index in [-0.39, 0.29) is 19.6 Å². The molecular formula is C9H18F3N3O. The van der Waals surface area contributed by atoms with E-state index in [0.717, 1.165) is 4.90 Å². The second kappa shape index (κ2) is 6.70. The first-order valence-electron chi connectivity index (χ1n) is 5.00. The lowest BCUT2D eigenvalue weighted by atomic mass is 10.3. The molecule has 0 unspecified atom stereocenters. The van der Waals surface area contributed by atoms with Gasteiger partial charge in [0.25, 0.3) is 0 Å². The van der Waals surface area contributed by atoms with E-state index in [1.165, 1.54) is 0 Å². The third-order valence-corrected chi connectivity index (χ3v) is 1.98. The Morgan fingerprint density at radius 1 is 1.19 bits per heavy atom. The van der Waals surface area contributed by atoms with E-state index in [2.05, 4.69) is 0 Å². The van der Waals surface area contributed by atoms with E-state index in [1.807, 2.05) is 0 Å². The number of nitrogens with zero attached hydrogens (tertiary/aromatic N) is 2. The molecule has 0 aromatic heterocycles. The summed E-state index contributed by atoms with van der Waals surface area (Å²) in [5.41, 5.74) is 5.21. The summed E-state index contributed by atoms with van der Waals surface area (Å²) < 4.78 is 36.6. The molecule has 0 saturated carbocycles. The molecule has 2 N–H and O–H groups in total. The number of nitrogens with two attached hydrogens (primary N) is 1. The van der Waals surface area contributed by atoms with Crippen LogP contribution in [0.2, 0.25) is 0 Å². The molecule has 0 aromatic carbocycles. The van der Waals surface area contributed by atoms with Crippen molar-refractivity contribution in [1.82, 2.24) is 9.80 Å². The first-order chi connectivity index (χ1) is 7.29. The van der Waals surface area contributed by atoms with E-state index in [9.17, 15) is 18.0 Å². The zero-order valence-electron chi connectivity index (χ0n) is 9.55. The molecule has 0 aromatic rings. The molecule has 0 aliphatic rings. The standard InChI is InChI=1S/C9H18F3N3O/c1-14(2)6-7-15(5-3-4-13)8(16)9(10,11)12/h3-7,13H2,1-2H3. The Morgan fingerprint density at radius 2 is 1.75 bits per heavy atom. The highest BCUT2D eigenvalue weighted by molar-refractivity contribution is 5.81. The van der Waals surface area contributed by atoms with Crippen LogP contribution in [0.1, 0.15) is 6.42 Å². The number of amides is 1. The van der Waals surface area contributed by atoms with E-state index < -0.39 is 12.1 Å². The van der Waals surface area contributed by atoms with E-state index in [0.29, 0.717) is 13.0 Å². The van der Waals surface area contributed by atoms with Gasteiger partial charge < -0.3 is 15.5 Å². The Kier molecular flexibility index (Phi) is 6.35. The Morgan fingerprint density at radius 3 is 2.12 bits per heavy atom. The number of likely N-dealkylation sites (N-methyl/N-ethyl adjacent to an activating group) is 1. The average molecular weight is 241 g/mol. The molecule has 0 radical (unpaired) electrons. The summed E-state index contributed by atoms with van der Waals surface area (Å²) in [5.74, 6) is -1.79. The van der Waals surface area contributed by atoms with E-state index >= 15 is 0 Å². The van der Waals surface area contributed by atoms with Crippen molar-refractivity contribution in [3.8, 4) is 0 Å². The maximum absolute atomic E-state index is 12.2. The molecule has 0 spiro atoms. The monoisotopic (exact) mass is 241 g/mol. The molecule has 0 heterocycles. The number of rotatable bonds is 6. The Hall–Kier alpha value is -0.820. The quantitative estimate of drug-likeness (QED) is 0.727. The Labute approximate surface area is 93.2 Å². The molecule has 0 saturated heterocycles. The topological polar surface area (TPSA) is 49.6 Å². The highest BCUT2D eigenvalue weighted by atomic mass is 19.4. The van der Waals surface area contributed by atoms with Gasteiger partial charge in [-0.05, 0) is 27.1 Å². The second-order valence-electron chi connectivity index (χ2n) is 3.74. The van der Waals surface area contributed by atoms with Crippen LogP contribution < -0.4 is 5.73 Å². The van der Waals surface area contributed by atoms with E-state index in [1.54, 1.807) is 19.0 Å². The van der Waals surface area contributed by atoms with Crippen molar-refractivity contribution < 1.29 is 18.0 Å². The van der Waals surface area contributed by atoms with Crippen molar-refractivity contribution in [2.75, 3.05) is 40.3 Å². The molecule has 0 fully saturated rings. The molecule has 96 valence electrons. The number of hydrogen-bond donors (Lipinski definition) is 1. The van der Waals surface area contributed by atoms with Crippen molar-refractivity contribution in [2.24, 2.45) is 5.73 Å². The van der Waals surface area contributed by atoms with Gasteiger partial charge in [0.2, 0.25) is 0 Å². The molecular weight excluding hydrogens is 223 g/mol. The summed E-state index contributed by atoms with van der Waals surface area (Å²) in [4.78, 5) is 13.5. The van der Waals surface area contributed by atoms with Gasteiger partial charge in [0.1, 0.15) is 0 Å². The van der Waals surface area contributed by atoms with Crippen LogP contribution in [-0.2, 0) is 4.79 Å². The van der Waals surface area contributed by atoms with Crippen LogP contribution in [0.25, 0.3) is 0 Å². The average Bonchev–Trinajstić information content (AvgIpc) is 2.15. The van der Waals surface area contributed by atoms with Crippen LogP contribution in [0, 0.1) is 0 Å². The zero-order chi connectivity index (χ0) is 12.8. The summed E-state index contributed by atoms with van der Waals surface area (Å²) in [6.07, 6.45) is -4.43. The van der Waals surface area contributed by atoms with Gasteiger partial charge in [-0.25, -0.2) is 0 Å². The zero-order valence-corrected chi connectivity index (χ0v) is 9.55. The second-order valence-corrected chi connectivity index (χ2v) is 3.74. The third kappa shape index (κ3) is 5.92. The number of hydrogen-bond acceptors (Lipinski definition) is 3. The molecule has 7 heteroatoms. The fourth-order valence-corrected chi connectivity index (χ4v) is 1.10. The van der Waals surface area contributed by atoms with Gasteiger partial charge in [0.05, 0.1) is 0 Å². The summed E-state index contributed by atoms with van der Waals surface area (Å²) >= 11 is 0. The Balaban J connectivity index is 4.35. The van der Waals surface area contributed by atoms with Gasteiger partial charge in [-0.15, -0.1) is 0 Å². The number of alkyl halides is 3. The normalized spacial score (nSPS) is 11.9. The van der Waals surface area contributed by atoms with Crippen LogP contribution in [0.3, 0.4) is 0 Å². The summed E-state index contributed by atoms with van der Waals surface area (Å²) in [5, 5.41) is 0. The predicted octanol–water partition coefficient (Wildman–Crippen LogP) is 0.288. The molecule has 0 aliphatic heterocycles. The lowest BCUT2D eigenvalue weighted by Crippen LogP contribution is -2.44. The minimum Gasteiger partial charge on any atom is -0.334 e. The van der Waals surface area contributed by atoms with E-state index in [4.69, 9.17) is 5.73 Å². The predicted molar refractivity (Wildman–Crippen MR) is 54.9 cm³/mol. The minimum absolute atomic E-state index is 0.0443. The van der Waals surface area contributed by atoms with Crippen LogP contribution in [0.5, 0.6) is 0 Å². The fourth-order valence-electron chi connectivity index (χ4n) is 1.10. The molecule has 16 heavy (non-hydrogen) atoms. The first-order valence-corrected chi connectivity index (χ1v) is 5.00. The lowest BCUT2D eigenvalue weighted by Gasteiger charge is -2.25. The van der Waals surface area contributed by atoms with Gasteiger partial charge >= 0.3 is 12.1 Å². The molecule has 1 amide bonds. The smallest absolute Gasteiger partial charge is 0.334 e. The van der Waals surface area contributed by atoms with Crippen molar-refractivity contribution >= 4 is 5.91 Å². The fraction of sp³-hybridized carbons (Fsp3) is 0.889. The van der Waals surface area contributed by atoms with Gasteiger partial charge in [0, 0.05) is 19.6 Å². The Bertz CT molecular complexity index is 219. The number of carbonyl (C=O) groups is 1. The summed E-state index contributed by atoms with van der Waals surface area (Å²) in [6, 6.07) is 0. The third-order valence-electron chi connectivity index (χ3n) is 1.98. The molecule has 4 nitrogen and oxygen atoms in total. The summed E-state index contributed by atoms with van der Waals surface area (Å²) in [7, 11) is 3.47. The van der Waals surface area contributed by atoms with Gasteiger partial charge in [-0.3, -0.25) is 4.79 Å². The highest BCUT2D eigenvalue weighted by Gasteiger charge is 2.42. The minimum atomic E-state index is -4.80. The first kappa shape index (κ1) is 15.2. The molecule has 0 bridgehead atoms. The number of halogens is 3. The lowest BCUT2D eigenvalue weighted by molar-refractivity contribution is -0.185. The van der Waals surface area contributed by atoms with Crippen molar-refractivity contribution in [1.29, 1.82) is 0 Å². The maximum atomic E-state index is 12.2. The van der Waals surface area contributed by atoms with Gasteiger partial charge in [-0.2, -0.15) is 13.2 Å². The van der Waals surface area contributed by atoms with Crippen molar-refractivity contribution in [3.63, 3.8) is 0 Å². The summed E-state index contributed by atoms with van der Waals surface area (Å²) in [6.45, 7) is 0.768. The molecule has 0 aliphatic carbocycles. The van der Waals surface area contributed by atoms with Crippen LogP contribution in [-0.4, -0.2) is 62.2 Å². The van der Waals surface area contributed by atoms with Crippen LogP contribution >= 0.6 is 0 Å². The van der Waals surface area contributed by atoms with Crippen LogP contribution in [0.4, 0.5) is 13.2 Å². The van der Waals surface area contributed by atoms with Gasteiger partial charge in [-0.1, -0.05) is 0 Å². The van der Waals surface area contributed by atoms with Crippen LogP contribution in [0.15, 0.2) is 0 Å². The maximum Gasteiger partial charge on any atom is 0.471 e. The SMILES string of the molecule is CN(C)CCN(CCCN)C(=O)C(F)(F)F. The molecule has 0 rings (SSSR count). The van der Waals surface area contributed by atoms with Crippen molar-refractivity contribution in [2.45, 2.75) is 12.6 Å². The number of carbonyl (C=O) groups excluding carboxylic acids is 1. The highest BCUT2D eigenvalue weighted by Crippen LogP contribution is 2.18.